The van der Waals surface area contributed by atoms with Crippen molar-refractivity contribution in [2.24, 2.45) is 0 Å². The number of hydrogen-bond donors (Lipinski definition) is 0. The largest absolute Gasteiger partial charge is 0.466 e. The fourth-order valence-electron chi connectivity index (χ4n) is 2.57. The van der Waals surface area contributed by atoms with Gasteiger partial charge in [0.25, 0.3) is 0 Å². The average Bonchev–Trinajstić information content (AvgIpc) is 2.51. The van der Waals surface area contributed by atoms with Crippen LogP contribution in [0.2, 0.25) is 0 Å². The first kappa shape index (κ1) is 24.8. The van der Waals surface area contributed by atoms with E-state index in [1.165, 1.54) is 70.6 Å². The molecule has 0 atom stereocenters. The summed E-state index contributed by atoms with van der Waals surface area (Å²) in [7, 11) is 0. The van der Waals surface area contributed by atoms with Crippen LogP contribution in [0, 0.1) is 0 Å². The van der Waals surface area contributed by atoms with Gasteiger partial charge in [-0.1, -0.05) is 70.4 Å². The Morgan fingerprint density at radius 2 is 1.22 bits per heavy atom. The Balaban J connectivity index is 0. The lowest BCUT2D eigenvalue weighted by atomic mass is 10.1. The molecule has 0 rings (SSSR count). The maximum absolute atomic E-state index is 11.1. The Kier molecular flexibility index (Phi) is 23.3. The number of hydrogen-bond acceptors (Lipinski definition) is 2. The van der Waals surface area contributed by atoms with Crippen LogP contribution in [0.5, 0.6) is 0 Å². The number of ether oxygens (including phenoxy) is 1. The fraction of sp³-hybridized carbons (Fsp3) is 0.850. The maximum atomic E-state index is 11.1. The second-order valence-corrected chi connectivity index (χ2v) is 6.14. The maximum Gasteiger partial charge on any atom is 0.305 e. The lowest BCUT2D eigenvalue weighted by Crippen LogP contribution is -2.03. The number of unbranched alkanes of at least 4 members (excludes halogenated alkanes) is 11. The number of carbonyl (C=O) groups excluding carboxylic acids is 1. The molecule has 0 spiro atoms. The van der Waals surface area contributed by atoms with Gasteiger partial charge >= 0.3 is 5.97 Å². The lowest BCUT2D eigenvalue weighted by molar-refractivity contribution is -0.143. The van der Waals surface area contributed by atoms with E-state index in [4.69, 9.17) is 4.74 Å². The molecule has 0 unspecified atom stereocenters. The van der Waals surface area contributed by atoms with E-state index in [2.05, 4.69) is 19.1 Å². The molecule has 0 bridgehead atoms. The average molecular weight is 345 g/mol. The van der Waals surface area contributed by atoms with Crippen LogP contribution in [-0.4, -0.2) is 12.6 Å². The molecule has 0 aliphatic heterocycles. The minimum Gasteiger partial charge on any atom is -0.466 e. The molecular formula is C20H40O2S. The third-order valence-electron chi connectivity index (χ3n) is 3.95. The fourth-order valence-corrected chi connectivity index (χ4v) is 2.57. The molecule has 0 aliphatic rings. The van der Waals surface area contributed by atoms with Gasteiger partial charge < -0.3 is 4.74 Å². The van der Waals surface area contributed by atoms with Crippen molar-refractivity contribution in [3.63, 3.8) is 0 Å². The van der Waals surface area contributed by atoms with E-state index in [0.29, 0.717) is 13.0 Å². The second kappa shape index (κ2) is 21.6. The minimum atomic E-state index is -0.0415. The van der Waals surface area contributed by atoms with Crippen LogP contribution in [-0.2, 0) is 9.53 Å². The zero-order chi connectivity index (χ0) is 16.3. The first-order valence-electron chi connectivity index (χ1n) is 9.61. The van der Waals surface area contributed by atoms with Crippen LogP contribution >= 0.6 is 13.5 Å². The molecule has 3 heteroatoms. The van der Waals surface area contributed by atoms with Crippen molar-refractivity contribution in [3.8, 4) is 0 Å². The summed E-state index contributed by atoms with van der Waals surface area (Å²) in [5.74, 6) is -0.0415. The molecule has 0 aromatic rings. The molecule has 0 heterocycles. The molecule has 138 valence electrons. The van der Waals surface area contributed by atoms with E-state index >= 15 is 0 Å². The highest BCUT2D eigenvalue weighted by atomic mass is 32.1. The second-order valence-electron chi connectivity index (χ2n) is 6.14. The molecule has 0 aromatic carbocycles. The van der Waals surface area contributed by atoms with Gasteiger partial charge in [-0.2, -0.15) is 13.5 Å². The van der Waals surface area contributed by atoms with Gasteiger partial charge in [-0.3, -0.25) is 4.79 Å². The normalized spacial score (nSPS) is 10.7. The predicted octanol–water partition coefficient (Wildman–Crippen LogP) is 6.70. The van der Waals surface area contributed by atoms with E-state index in [1.807, 2.05) is 6.92 Å². The molecule has 0 N–H and O–H groups in total. The van der Waals surface area contributed by atoms with Crippen molar-refractivity contribution < 1.29 is 9.53 Å². The summed E-state index contributed by atoms with van der Waals surface area (Å²) in [6.45, 7) is 4.63. The standard InChI is InChI=1S/C20H38O2.H2S/c1-3-5-6-7-8-9-10-11-12-13-14-15-16-17-18-19-20(21)22-4-2;/h11-12H,3-10,13-19H2,1-2H3;1H2/b12-11-;. The topological polar surface area (TPSA) is 26.3 Å². The van der Waals surface area contributed by atoms with Gasteiger partial charge in [-0.15, -0.1) is 0 Å². The SMILES string of the molecule is CCCCCCCC/C=C\CCCCCCCC(=O)OCC.S. The van der Waals surface area contributed by atoms with Crippen molar-refractivity contribution in [1.82, 2.24) is 0 Å². The molecule has 0 amide bonds. The Morgan fingerprint density at radius 3 is 1.74 bits per heavy atom. The molecule has 0 aromatic heterocycles. The molecular weight excluding hydrogens is 304 g/mol. The Morgan fingerprint density at radius 1 is 0.739 bits per heavy atom. The lowest BCUT2D eigenvalue weighted by Gasteiger charge is -2.01. The third-order valence-corrected chi connectivity index (χ3v) is 3.95. The third kappa shape index (κ3) is 21.6. The van der Waals surface area contributed by atoms with E-state index in [-0.39, 0.29) is 19.5 Å². The van der Waals surface area contributed by atoms with Crippen molar-refractivity contribution in [3.05, 3.63) is 12.2 Å². The zero-order valence-corrected chi connectivity index (χ0v) is 16.6. The van der Waals surface area contributed by atoms with Gasteiger partial charge in [0, 0.05) is 6.42 Å². The highest BCUT2D eigenvalue weighted by Gasteiger charge is 2.00. The minimum absolute atomic E-state index is 0. The van der Waals surface area contributed by atoms with Gasteiger partial charge in [0.2, 0.25) is 0 Å². The van der Waals surface area contributed by atoms with Crippen LogP contribution < -0.4 is 0 Å². The molecule has 0 saturated heterocycles. The van der Waals surface area contributed by atoms with E-state index in [9.17, 15) is 4.79 Å². The number of carbonyl (C=O) groups is 1. The summed E-state index contributed by atoms with van der Waals surface area (Å²) < 4.78 is 4.91. The summed E-state index contributed by atoms with van der Waals surface area (Å²) in [5.41, 5.74) is 0. The monoisotopic (exact) mass is 344 g/mol. The summed E-state index contributed by atoms with van der Waals surface area (Å²) in [5, 5.41) is 0. The molecule has 2 nitrogen and oxygen atoms in total. The van der Waals surface area contributed by atoms with Crippen LogP contribution in [0.4, 0.5) is 0 Å². The Hall–Kier alpha value is -0.440. The highest BCUT2D eigenvalue weighted by molar-refractivity contribution is 7.59. The van der Waals surface area contributed by atoms with Gasteiger partial charge in [0.05, 0.1) is 6.61 Å². The molecule has 0 saturated carbocycles. The van der Waals surface area contributed by atoms with Crippen molar-refractivity contribution in [1.29, 1.82) is 0 Å². The van der Waals surface area contributed by atoms with Crippen molar-refractivity contribution in [2.45, 2.75) is 104 Å². The van der Waals surface area contributed by atoms with Gasteiger partial charge in [0.15, 0.2) is 0 Å². The van der Waals surface area contributed by atoms with Crippen molar-refractivity contribution >= 4 is 19.5 Å². The van der Waals surface area contributed by atoms with E-state index in [1.54, 1.807) is 0 Å². The van der Waals surface area contributed by atoms with Crippen LogP contribution in [0.25, 0.3) is 0 Å². The summed E-state index contributed by atoms with van der Waals surface area (Å²) in [6.07, 6.45) is 22.0. The molecule has 0 fully saturated rings. The zero-order valence-electron chi connectivity index (χ0n) is 15.6. The molecule has 23 heavy (non-hydrogen) atoms. The van der Waals surface area contributed by atoms with Crippen molar-refractivity contribution in [2.75, 3.05) is 6.61 Å². The highest BCUT2D eigenvalue weighted by Crippen LogP contribution is 2.10. The van der Waals surface area contributed by atoms with E-state index < -0.39 is 0 Å². The first-order valence-corrected chi connectivity index (χ1v) is 9.61. The van der Waals surface area contributed by atoms with Crippen LogP contribution in [0.15, 0.2) is 12.2 Å². The smallest absolute Gasteiger partial charge is 0.305 e. The summed E-state index contributed by atoms with van der Waals surface area (Å²) in [4.78, 5) is 11.1. The summed E-state index contributed by atoms with van der Waals surface area (Å²) in [6, 6.07) is 0. The number of esters is 1. The number of allylic oxidation sites excluding steroid dienone is 2. The van der Waals surface area contributed by atoms with Gasteiger partial charge in [0.1, 0.15) is 0 Å². The first-order chi connectivity index (χ1) is 10.8. The number of rotatable bonds is 16. The molecule has 0 aliphatic carbocycles. The molecule has 0 radical (unpaired) electrons. The Labute approximate surface area is 151 Å². The summed E-state index contributed by atoms with van der Waals surface area (Å²) >= 11 is 0. The van der Waals surface area contributed by atoms with E-state index in [0.717, 1.165) is 12.8 Å². The van der Waals surface area contributed by atoms with Crippen LogP contribution in [0.1, 0.15) is 104 Å². The predicted molar refractivity (Wildman–Crippen MR) is 106 cm³/mol. The van der Waals surface area contributed by atoms with Gasteiger partial charge in [-0.05, 0) is 39.0 Å². The van der Waals surface area contributed by atoms with Crippen LogP contribution in [0.3, 0.4) is 0 Å². The van der Waals surface area contributed by atoms with Gasteiger partial charge in [-0.25, -0.2) is 0 Å². The quantitative estimate of drug-likeness (QED) is 0.177. The Bertz CT molecular complexity index is 264.